The fraction of sp³-hybridized carbons (Fsp3) is 0.583. The van der Waals surface area contributed by atoms with Gasteiger partial charge in [-0.05, 0) is 19.8 Å². The zero-order valence-corrected chi connectivity index (χ0v) is 10.2. The van der Waals surface area contributed by atoms with Crippen LogP contribution in [0.25, 0.3) is 0 Å². The molecule has 2 N–H and O–H groups in total. The first-order valence-electron chi connectivity index (χ1n) is 5.85. The lowest BCUT2D eigenvalue weighted by Crippen LogP contribution is -2.20. The number of H-pyrrole nitrogens is 1. The number of aryl methyl sites for hydroxylation is 2. The Hall–Kier alpha value is -1.65. The molecule has 1 aromatic rings. The van der Waals surface area contributed by atoms with E-state index in [9.17, 15) is 9.59 Å². The van der Waals surface area contributed by atoms with Crippen molar-refractivity contribution in [2.24, 2.45) is 0 Å². The Bertz CT molecular complexity index is 452. The predicted octanol–water partition coefficient (Wildman–Crippen LogP) is 1.44. The molecule has 0 unspecified atom stereocenters. The number of carboxylic acids is 1. The van der Waals surface area contributed by atoms with Crippen molar-refractivity contribution in [1.82, 2.24) is 9.97 Å². The van der Waals surface area contributed by atoms with E-state index >= 15 is 0 Å². The third-order valence-corrected chi connectivity index (χ3v) is 2.63. The third-order valence-electron chi connectivity index (χ3n) is 2.63. The number of rotatable bonds is 6. The molecule has 1 heterocycles. The minimum absolute atomic E-state index is 0.0418. The second-order valence-electron chi connectivity index (χ2n) is 4.07. The average molecular weight is 238 g/mol. The SMILES string of the molecule is CCCCc1nc(C)c(CCC(=O)O)c(=O)[nH]1. The number of aromatic nitrogens is 2. The molecular weight excluding hydrogens is 220 g/mol. The summed E-state index contributed by atoms with van der Waals surface area (Å²) in [6.07, 6.45) is 2.98. The molecule has 5 heteroatoms. The molecule has 0 bridgehead atoms. The van der Waals surface area contributed by atoms with Crippen molar-refractivity contribution in [3.63, 3.8) is 0 Å². The maximum Gasteiger partial charge on any atom is 0.303 e. The molecule has 0 saturated heterocycles. The molecule has 0 aromatic carbocycles. The van der Waals surface area contributed by atoms with Crippen molar-refractivity contribution in [3.8, 4) is 0 Å². The summed E-state index contributed by atoms with van der Waals surface area (Å²) in [5.74, 6) is -0.215. The summed E-state index contributed by atoms with van der Waals surface area (Å²) >= 11 is 0. The first kappa shape index (κ1) is 13.4. The van der Waals surface area contributed by atoms with Crippen molar-refractivity contribution in [2.45, 2.75) is 46.0 Å². The van der Waals surface area contributed by atoms with E-state index < -0.39 is 5.97 Å². The highest BCUT2D eigenvalue weighted by atomic mass is 16.4. The zero-order valence-electron chi connectivity index (χ0n) is 10.2. The lowest BCUT2D eigenvalue weighted by molar-refractivity contribution is -0.136. The molecule has 0 spiro atoms. The highest BCUT2D eigenvalue weighted by Crippen LogP contribution is 2.04. The van der Waals surface area contributed by atoms with Crippen LogP contribution in [0.3, 0.4) is 0 Å². The van der Waals surface area contributed by atoms with E-state index in [2.05, 4.69) is 16.9 Å². The molecular formula is C12H18N2O3. The van der Waals surface area contributed by atoms with E-state index in [0.29, 0.717) is 17.1 Å². The summed E-state index contributed by atoms with van der Waals surface area (Å²) in [6, 6.07) is 0. The molecule has 5 nitrogen and oxygen atoms in total. The van der Waals surface area contributed by atoms with E-state index in [1.54, 1.807) is 6.92 Å². The van der Waals surface area contributed by atoms with Crippen LogP contribution in [-0.4, -0.2) is 21.0 Å². The van der Waals surface area contributed by atoms with Crippen molar-refractivity contribution in [3.05, 3.63) is 27.4 Å². The topological polar surface area (TPSA) is 83.0 Å². The number of hydrogen-bond donors (Lipinski definition) is 2. The minimum Gasteiger partial charge on any atom is -0.481 e. The molecule has 0 saturated carbocycles. The Kier molecular flexibility index (Phi) is 4.87. The summed E-state index contributed by atoms with van der Waals surface area (Å²) in [5, 5.41) is 8.59. The summed E-state index contributed by atoms with van der Waals surface area (Å²) in [7, 11) is 0. The number of nitrogens with one attached hydrogen (secondary N) is 1. The van der Waals surface area contributed by atoms with E-state index in [1.807, 2.05) is 0 Å². The third kappa shape index (κ3) is 4.01. The molecule has 94 valence electrons. The molecule has 0 fully saturated rings. The number of hydrogen-bond acceptors (Lipinski definition) is 3. The number of aromatic amines is 1. The number of carboxylic acid groups (broad SMARTS) is 1. The second kappa shape index (κ2) is 6.18. The molecule has 0 aliphatic heterocycles. The molecule has 0 aliphatic carbocycles. The number of aliphatic carboxylic acids is 1. The van der Waals surface area contributed by atoms with Crippen LogP contribution >= 0.6 is 0 Å². The Morgan fingerprint density at radius 3 is 2.65 bits per heavy atom. The number of unbranched alkanes of at least 4 members (excludes halogenated alkanes) is 1. The monoisotopic (exact) mass is 238 g/mol. The van der Waals surface area contributed by atoms with Crippen LogP contribution < -0.4 is 5.56 Å². The molecule has 0 amide bonds. The van der Waals surface area contributed by atoms with Crippen LogP contribution in [0.5, 0.6) is 0 Å². The highest BCUT2D eigenvalue weighted by Gasteiger charge is 2.09. The Labute approximate surface area is 99.9 Å². The largest absolute Gasteiger partial charge is 0.481 e. The molecule has 1 rings (SSSR count). The van der Waals surface area contributed by atoms with Crippen LogP contribution in [0.2, 0.25) is 0 Å². The summed E-state index contributed by atoms with van der Waals surface area (Å²) < 4.78 is 0. The fourth-order valence-electron chi connectivity index (χ4n) is 1.66. The van der Waals surface area contributed by atoms with Gasteiger partial charge in [0.25, 0.3) is 5.56 Å². The van der Waals surface area contributed by atoms with Crippen LogP contribution in [0, 0.1) is 6.92 Å². The molecule has 0 radical (unpaired) electrons. The normalized spacial score (nSPS) is 10.5. The van der Waals surface area contributed by atoms with Gasteiger partial charge >= 0.3 is 5.97 Å². The summed E-state index contributed by atoms with van der Waals surface area (Å²) in [5.41, 5.74) is 0.915. The van der Waals surface area contributed by atoms with Crippen LogP contribution in [0.15, 0.2) is 4.79 Å². The van der Waals surface area contributed by atoms with Crippen LogP contribution in [0.4, 0.5) is 0 Å². The quantitative estimate of drug-likeness (QED) is 0.785. The van der Waals surface area contributed by atoms with Gasteiger partial charge in [0.2, 0.25) is 0 Å². The van der Waals surface area contributed by atoms with E-state index in [0.717, 1.165) is 19.3 Å². The second-order valence-corrected chi connectivity index (χ2v) is 4.07. The minimum atomic E-state index is -0.904. The van der Waals surface area contributed by atoms with Crippen LogP contribution in [-0.2, 0) is 17.6 Å². The molecule has 1 aromatic heterocycles. The van der Waals surface area contributed by atoms with Gasteiger partial charge in [0, 0.05) is 24.1 Å². The Morgan fingerprint density at radius 2 is 2.12 bits per heavy atom. The standard InChI is InChI=1S/C12H18N2O3/c1-3-4-5-10-13-8(2)9(12(17)14-10)6-7-11(15)16/h3-7H2,1-2H3,(H,15,16)(H,13,14,17). The maximum absolute atomic E-state index is 11.7. The van der Waals surface area contributed by atoms with E-state index in [4.69, 9.17) is 5.11 Å². The highest BCUT2D eigenvalue weighted by molar-refractivity contribution is 5.67. The summed E-state index contributed by atoms with van der Waals surface area (Å²) in [4.78, 5) is 29.2. The maximum atomic E-state index is 11.7. The van der Waals surface area contributed by atoms with Gasteiger partial charge < -0.3 is 10.1 Å². The van der Waals surface area contributed by atoms with Crippen LogP contribution in [0.1, 0.15) is 43.3 Å². The Balaban J connectivity index is 2.86. The average Bonchev–Trinajstić information content (AvgIpc) is 2.24. The van der Waals surface area contributed by atoms with Crippen molar-refractivity contribution in [2.75, 3.05) is 0 Å². The smallest absolute Gasteiger partial charge is 0.303 e. The molecule has 0 atom stereocenters. The first-order chi connectivity index (χ1) is 8.04. The van der Waals surface area contributed by atoms with Crippen molar-refractivity contribution in [1.29, 1.82) is 0 Å². The fourth-order valence-corrected chi connectivity index (χ4v) is 1.66. The lowest BCUT2D eigenvalue weighted by atomic mass is 10.1. The first-order valence-corrected chi connectivity index (χ1v) is 5.85. The number of carbonyl (C=O) groups is 1. The molecule has 17 heavy (non-hydrogen) atoms. The van der Waals surface area contributed by atoms with Gasteiger partial charge in [-0.1, -0.05) is 13.3 Å². The van der Waals surface area contributed by atoms with E-state index in [1.165, 1.54) is 0 Å². The van der Waals surface area contributed by atoms with Gasteiger partial charge in [0.05, 0.1) is 0 Å². The van der Waals surface area contributed by atoms with E-state index in [-0.39, 0.29) is 18.4 Å². The van der Waals surface area contributed by atoms with Gasteiger partial charge in [-0.3, -0.25) is 9.59 Å². The van der Waals surface area contributed by atoms with Gasteiger partial charge in [-0.15, -0.1) is 0 Å². The van der Waals surface area contributed by atoms with Gasteiger partial charge in [0.15, 0.2) is 0 Å². The van der Waals surface area contributed by atoms with Crippen molar-refractivity contribution < 1.29 is 9.90 Å². The zero-order chi connectivity index (χ0) is 12.8. The van der Waals surface area contributed by atoms with Gasteiger partial charge in [-0.25, -0.2) is 4.98 Å². The number of nitrogens with zero attached hydrogens (tertiary/aromatic N) is 1. The predicted molar refractivity (Wildman–Crippen MR) is 64.2 cm³/mol. The Morgan fingerprint density at radius 1 is 1.41 bits per heavy atom. The molecule has 0 aliphatic rings. The summed E-state index contributed by atoms with van der Waals surface area (Å²) in [6.45, 7) is 3.83. The van der Waals surface area contributed by atoms with Crippen molar-refractivity contribution >= 4 is 5.97 Å². The van der Waals surface area contributed by atoms with Gasteiger partial charge in [0.1, 0.15) is 5.82 Å². The lowest BCUT2D eigenvalue weighted by Gasteiger charge is -2.05. The van der Waals surface area contributed by atoms with Gasteiger partial charge in [-0.2, -0.15) is 0 Å².